The first kappa shape index (κ1) is 13.4. The highest BCUT2D eigenvalue weighted by molar-refractivity contribution is 5.15. The Labute approximate surface area is 78.5 Å². The van der Waals surface area contributed by atoms with E-state index < -0.39 is 17.7 Å². The monoisotopic (exact) mass is 218 g/mol. The number of hydrogen-bond acceptors (Lipinski definition) is 1. The predicted octanol–water partition coefficient (Wildman–Crippen LogP) is 3.17. The van der Waals surface area contributed by atoms with E-state index in [-0.39, 0.29) is 13.0 Å². The Bertz CT molecular complexity index is 206. The zero-order valence-electron chi connectivity index (χ0n) is 7.79. The number of methoxy groups -OCH3 is 1. The van der Waals surface area contributed by atoms with Crippen LogP contribution in [0.1, 0.15) is 13.3 Å². The van der Waals surface area contributed by atoms with E-state index in [4.69, 9.17) is 0 Å². The number of halogens is 5. The molecule has 1 nitrogen and oxygen atoms in total. The van der Waals surface area contributed by atoms with Crippen molar-refractivity contribution in [2.24, 2.45) is 0 Å². The molecule has 0 aromatic rings. The van der Waals surface area contributed by atoms with Crippen molar-refractivity contribution in [3.63, 3.8) is 0 Å². The van der Waals surface area contributed by atoms with Gasteiger partial charge in [-0.1, -0.05) is 13.0 Å². The summed E-state index contributed by atoms with van der Waals surface area (Å²) in [6.45, 7) is 0.982. The highest BCUT2D eigenvalue weighted by atomic mass is 19.4. The Morgan fingerprint density at radius 2 is 1.71 bits per heavy atom. The Morgan fingerprint density at radius 3 is 2.00 bits per heavy atom. The molecule has 0 atom stereocenters. The molecule has 0 unspecified atom stereocenters. The molecule has 0 bridgehead atoms. The van der Waals surface area contributed by atoms with Crippen molar-refractivity contribution in [2.45, 2.75) is 25.4 Å². The SMILES string of the molecule is CC/C(=C\COC)C(F)(F)C(F)(F)F. The molecule has 0 aromatic carbocycles. The van der Waals surface area contributed by atoms with Crippen molar-refractivity contribution >= 4 is 0 Å². The maximum Gasteiger partial charge on any atom is 0.457 e. The van der Waals surface area contributed by atoms with Gasteiger partial charge in [-0.2, -0.15) is 22.0 Å². The van der Waals surface area contributed by atoms with Crippen molar-refractivity contribution in [1.82, 2.24) is 0 Å². The van der Waals surface area contributed by atoms with Gasteiger partial charge in [0, 0.05) is 12.7 Å². The van der Waals surface area contributed by atoms with Crippen molar-refractivity contribution in [1.29, 1.82) is 0 Å². The molecule has 0 fully saturated rings. The zero-order chi connectivity index (χ0) is 11.4. The summed E-state index contributed by atoms with van der Waals surface area (Å²) < 4.78 is 65.3. The lowest BCUT2D eigenvalue weighted by molar-refractivity contribution is -0.265. The zero-order valence-corrected chi connectivity index (χ0v) is 7.79. The van der Waals surface area contributed by atoms with Crippen LogP contribution < -0.4 is 0 Å². The summed E-state index contributed by atoms with van der Waals surface area (Å²) in [7, 11) is 1.22. The summed E-state index contributed by atoms with van der Waals surface area (Å²) in [4.78, 5) is 0. The van der Waals surface area contributed by atoms with Crippen LogP contribution in [0.3, 0.4) is 0 Å². The maximum atomic E-state index is 12.7. The number of ether oxygens (including phenoxy) is 1. The van der Waals surface area contributed by atoms with Gasteiger partial charge < -0.3 is 4.74 Å². The lowest BCUT2D eigenvalue weighted by Crippen LogP contribution is -2.38. The van der Waals surface area contributed by atoms with Crippen LogP contribution >= 0.6 is 0 Å². The van der Waals surface area contributed by atoms with Gasteiger partial charge in [0.15, 0.2) is 0 Å². The average molecular weight is 218 g/mol. The van der Waals surface area contributed by atoms with E-state index in [2.05, 4.69) is 4.74 Å². The minimum atomic E-state index is -5.54. The van der Waals surface area contributed by atoms with Gasteiger partial charge in [0.25, 0.3) is 0 Å². The molecular formula is C8H11F5O. The van der Waals surface area contributed by atoms with Crippen LogP contribution in [0, 0.1) is 0 Å². The highest BCUT2D eigenvalue weighted by Crippen LogP contribution is 2.41. The quantitative estimate of drug-likeness (QED) is 0.520. The Kier molecular flexibility index (Phi) is 4.51. The topological polar surface area (TPSA) is 9.23 Å². The highest BCUT2D eigenvalue weighted by Gasteiger charge is 2.59. The fourth-order valence-electron chi connectivity index (χ4n) is 0.861. The van der Waals surface area contributed by atoms with Gasteiger partial charge in [-0.25, -0.2) is 0 Å². The van der Waals surface area contributed by atoms with Gasteiger partial charge >= 0.3 is 12.1 Å². The smallest absolute Gasteiger partial charge is 0.381 e. The molecule has 0 aliphatic heterocycles. The molecule has 6 heteroatoms. The van der Waals surface area contributed by atoms with E-state index in [1.54, 1.807) is 0 Å². The summed E-state index contributed by atoms with van der Waals surface area (Å²) >= 11 is 0. The lowest BCUT2D eigenvalue weighted by atomic mass is 10.1. The van der Waals surface area contributed by atoms with Gasteiger partial charge in [0.1, 0.15) is 0 Å². The van der Waals surface area contributed by atoms with Crippen molar-refractivity contribution in [3.8, 4) is 0 Å². The molecule has 84 valence electrons. The first-order chi connectivity index (χ1) is 6.27. The van der Waals surface area contributed by atoms with Crippen LogP contribution in [0.25, 0.3) is 0 Å². The first-order valence-corrected chi connectivity index (χ1v) is 3.90. The molecule has 0 rings (SSSR count). The maximum absolute atomic E-state index is 12.7. The average Bonchev–Trinajstić information content (AvgIpc) is 2.03. The van der Waals surface area contributed by atoms with Crippen molar-refractivity contribution in [3.05, 3.63) is 11.6 Å². The van der Waals surface area contributed by atoms with Crippen LogP contribution in [0.4, 0.5) is 22.0 Å². The van der Waals surface area contributed by atoms with Gasteiger partial charge in [-0.05, 0) is 6.42 Å². The molecule has 0 amide bonds. The van der Waals surface area contributed by atoms with E-state index in [1.165, 1.54) is 14.0 Å². The van der Waals surface area contributed by atoms with Crippen molar-refractivity contribution in [2.75, 3.05) is 13.7 Å². The molecule has 0 N–H and O–H groups in total. The summed E-state index contributed by atoms with van der Waals surface area (Å²) in [6, 6.07) is 0. The van der Waals surface area contributed by atoms with Crippen molar-refractivity contribution < 1.29 is 26.7 Å². The minimum Gasteiger partial charge on any atom is -0.381 e. The van der Waals surface area contributed by atoms with E-state index in [1.807, 2.05) is 0 Å². The van der Waals surface area contributed by atoms with Gasteiger partial charge in [-0.3, -0.25) is 0 Å². The summed E-state index contributed by atoms with van der Waals surface area (Å²) in [5, 5.41) is 0. The number of rotatable bonds is 4. The molecule has 0 aromatic heterocycles. The predicted molar refractivity (Wildman–Crippen MR) is 41.3 cm³/mol. The van der Waals surface area contributed by atoms with E-state index in [0.29, 0.717) is 0 Å². The van der Waals surface area contributed by atoms with E-state index >= 15 is 0 Å². The molecule has 0 radical (unpaired) electrons. The second-order valence-corrected chi connectivity index (χ2v) is 2.61. The minimum absolute atomic E-state index is 0.255. The molecule has 0 saturated heterocycles. The van der Waals surface area contributed by atoms with Crippen LogP contribution in [-0.2, 0) is 4.74 Å². The Morgan fingerprint density at radius 1 is 1.21 bits per heavy atom. The standard InChI is InChI=1S/C8H11F5O/c1-3-6(4-5-14-2)7(9,10)8(11,12)13/h4H,3,5H2,1-2H3/b6-4+. The third kappa shape index (κ3) is 2.94. The third-order valence-electron chi connectivity index (χ3n) is 1.64. The van der Waals surface area contributed by atoms with Crippen LogP contribution in [-0.4, -0.2) is 25.8 Å². The molecule has 0 heterocycles. The third-order valence-corrected chi connectivity index (χ3v) is 1.64. The molecule has 14 heavy (non-hydrogen) atoms. The largest absolute Gasteiger partial charge is 0.457 e. The van der Waals surface area contributed by atoms with Gasteiger partial charge in [-0.15, -0.1) is 0 Å². The molecule has 0 aliphatic rings. The second-order valence-electron chi connectivity index (χ2n) is 2.61. The molecular weight excluding hydrogens is 207 g/mol. The van der Waals surface area contributed by atoms with Gasteiger partial charge in [0.2, 0.25) is 0 Å². The van der Waals surface area contributed by atoms with Crippen LogP contribution in [0.2, 0.25) is 0 Å². The summed E-state index contributed by atoms with van der Waals surface area (Å²) in [5.74, 6) is -4.76. The fraction of sp³-hybridized carbons (Fsp3) is 0.750. The van der Waals surface area contributed by atoms with E-state index in [9.17, 15) is 22.0 Å². The lowest BCUT2D eigenvalue weighted by Gasteiger charge is -2.21. The number of allylic oxidation sites excluding steroid dienone is 1. The summed E-state index contributed by atoms with van der Waals surface area (Å²) in [5.41, 5.74) is -0.966. The Balaban J connectivity index is 4.84. The summed E-state index contributed by atoms with van der Waals surface area (Å²) in [6.07, 6.45) is -5.15. The normalized spacial score (nSPS) is 14.6. The van der Waals surface area contributed by atoms with Crippen LogP contribution in [0.5, 0.6) is 0 Å². The first-order valence-electron chi connectivity index (χ1n) is 3.90. The molecule has 0 spiro atoms. The molecule has 0 saturated carbocycles. The molecule has 0 aliphatic carbocycles. The Hall–Kier alpha value is -0.650. The van der Waals surface area contributed by atoms with Gasteiger partial charge in [0.05, 0.1) is 6.61 Å². The fourth-order valence-corrected chi connectivity index (χ4v) is 0.861. The van der Waals surface area contributed by atoms with Crippen LogP contribution in [0.15, 0.2) is 11.6 Å². The second kappa shape index (κ2) is 4.72. The number of alkyl halides is 5. The van der Waals surface area contributed by atoms with E-state index in [0.717, 1.165) is 6.08 Å². The number of hydrogen-bond donors (Lipinski definition) is 0.